The number of sulfonamides is 1. The van der Waals surface area contributed by atoms with Crippen LogP contribution in [0.2, 0.25) is 0 Å². The van der Waals surface area contributed by atoms with Crippen molar-refractivity contribution in [3.8, 4) is 0 Å². The van der Waals surface area contributed by atoms with E-state index in [1.54, 1.807) is 24.3 Å². The Kier molecular flexibility index (Phi) is 1.47. The van der Waals surface area contributed by atoms with E-state index in [0.29, 0.717) is 12.1 Å². The first-order chi connectivity index (χ1) is 5.70. The van der Waals surface area contributed by atoms with Crippen molar-refractivity contribution < 1.29 is 8.42 Å². The second kappa shape index (κ2) is 2.38. The van der Waals surface area contributed by atoms with Gasteiger partial charge in [-0.05, 0) is 11.6 Å². The maximum absolute atomic E-state index is 11.2. The van der Waals surface area contributed by atoms with Gasteiger partial charge in [0.25, 0.3) is 10.0 Å². The van der Waals surface area contributed by atoms with Crippen molar-refractivity contribution in [3.63, 3.8) is 0 Å². The summed E-state index contributed by atoms with van der Waals surface area (Å²) in [5.74, 6) is 0. The van der Waals surface area contributed by atoms with Crippen molar-refractivity contribution in [2.45, 2.75) is 11.4 Å². The van der Waals surface area contributed by atoms with E-state index >= 15 is 0 Å². The number of hydrogen-bond acceptors (Lipinski definition) is 3. The monoisotopic (exact) mass is 182 g/mol. The molecule has 0 fully saturated rings. The minimum absolute atomic E-state index is 0.278. The third-order valence-corrected chi connectivity index (χ3v) is 2.94. The average molecular weight is 182 g/mol. The van der Waals surface area contributed by atoms with Gasteiger partial charge in [-0.1, -0.05) is 22.7 Å². The summed E-state index contributed by atoms with van der Waals surface area (Å²) in [6.07, 6.45) is 0. The predicted octanol–water partition coefficient (Wildman–Crippen LogP) is 1.34. The molecule has 1 aromatic carbocycles. The first kappa shape index (κ1) is 7.42. The summed E-state index contributed by atoms with van der Waals surface area (Å²) in [6.45, 7) is 0.357. The van der Waals surface area contributed by atoms with Gasteiger partial charge in [-0.15, -0.1) is 0 Å². The molecule has 0 amide bonds. The number of nitrogens with zero attached hydrogens (tertiary/aromatic N) is 2. The fourth-order valence-electron chi connectivity index (χ4n) is 1.11. The van der Waals surface area contributed by atoms with Crippen LogP contribution in [0.15, 0.2) is 38.8 Å². The Morgan fingerprint density at radius 3 is 2.75 bits per heavy atom. The van der Waals surface area contributed by atoms with Crippen LogP contribution in [0.25, 0.3) is 0 Å². The standard InChI is InChI=1S/C7H6N2O2S/c10-12(11)7-4-2-1-3-6(7)5-8-9-12/h1-4H,5H2. The number of benzene rings is 1. The van der Waals surface area contributed by atoms with E-state index < -0.39 is 10.0 Å². The zero-order chi connectivity index (χ0) is 8.60. The summed E-state index contributed by atoms with van der Waals surface area (Å²) in [6, 6.07) is 6.75. The lowest BCUT2D eigenvalue weighted by Gasteiger charge is -2.07. The molecule has 1 aliphatic heterocycles. The fraction of sp³-hybridized carbons (Fsp3) is 0.143. The quantitative estimate of drug-likeness (QED) is 0.607. The molecule has 1 aromatic rings. The van der Waals surface area contributed by atoms with Crippen molar-refractivity contribution in [2.75, 3.05) is 0 Å². The number of fused-ring (bicyclic) bond motifs is 1. The molecule has 4 nitrogen and oxygen atoms in total. The Morgan fingerprint density at radius 2 is 2.00 bits per heavy atom. The molecule has 5 heteroatoms. The van der Waals surface area contributed by atoms with Gasteiger partial charge in [0.05, 0.1) is 11.4 Å². The summed E-state index contributed by atoms with van der Waals surface area (Å²) in [4.78, 5) is 0.278. The Balaban J connectivity index is 2.75. The van der Waals surface area contributed by atoms with Gasteiger partial charge in [0, 0.05) is 0 Å². The molecule has 0 radical (unpaired) electrons. The molecule has 0 bridgehead atoms. The molecule has 0 aliphatic carbocycles. The molecule has 0 N–H and O–H groups in total. The molecule has 1 heterocycles. The van der Waals surface area contributed by atoms with E-state index in [9.17, 15) is 8.42 Å². The van der Waals surface area contributed by atoms with Gasteiger partial charge in [-0.25, -0.2) is 0 Å². The highest BCUT2D eigenvalue weighted by Gasteiger charge is 2.20. The van der Waals surface area contributed by atoms with E-state index in [4.69, 9.17) is 0 Å². The second-order valence-corrected chi connectivity index (χ2v) is 4.02. The molecule has 62 valence electrons. The van der Waals surface area contributed by atoms with E-state index in [-0.39, 0.29) is 4.90 Å². The van der Waals surface area contributed by atoms with Gasteiger partial charge in [0.1, 0.15) is 0 Å². The molecular formula is C7H6N2O2S. The number of hydrogen-bond donors (Lipinski definition) is 0. The molecule has 0 atom stereocenters. The lowest BCUT2D eigenvalue weighted by Crippen LogP contribution is -2.04. The molecular weight excluding hydrogens is 176 g/mol. The summed E-state index contributed by atoms with van der Waals surface area (Å²) < 4.78 is 25.6. The lowest BCUT2D eigenvalue weighted by atomic mass is 10.2. The zero-order valence-corrected chi connectivity index (χ0v) is 6.95. The van der Waals surface area contributed by atoms with Gasteiger partial charge in [0.15, 0.2) is 0 Å². The highest BCUT2D eigenvalue weighted by Crippen LogP contribution is 2.22. The van der Waals surface area contributed by atoms with E-state index in [0.717, 1.165) is 0 Å². The highest BCUT2D eigenvalue weighted by atomic mass is 32.2. The van der Waals surface area contributed by atoms with Crippen LogP contribution in [0.4, 0.5) is 0 Å². The van der Waals surface area contributed by atoms with Gasteiger partial charge >= 0.3 is 0 Å². The van der Waals surface area contributed by atoms with Crippen LogP contribution in [0, 0.1) is 0 Å². The van der Waals surface area contributed by atoms with Crippen LogP contribution in [-0.4, -0.2) is 8.42 Å². The van der Waals surface area contributed by atoms with Crippen molar-refractivity contribution in [3.05, 3.63) is 29.8 Å². The van der Waals surface area contributed by atoms with E-state index in [1.165, 1.54) is 0 Å². The molecule has 0 aromatic heterocycles. The normalized spacial score (nSPS) is 18.7. The van der Waals surface area contributed by atoms with Crippen LogP contribution >= 0.6 is 0 Å². The minimum Gasteiger partial charge on any atom is -0.198 e. The maximum Gasteiger partial charge on any atom is 0.299 e. The topological polar surface area (TPSA) is 58.9 Å². The first-order valence-corrected chi connectivity index (χ1v) is 4.86. The van der Waals surface area contributed by atoms with E-state index in [1.807, 2.05) is 0 Å². The maximum atomic E-state index is 11.2. The second-order valence-electron chi connectivity index (χ2n) is 2.46. The average Bonchev–Trinajstić information content (AvgIpc) is 2.04. The largest absolute Gasteiger partial charge is 0.299 e. The van der Waals surface area contributed by atoms with Crippen molar-refractivity contribution in [1.29, 1.82) is 0 Å². The van der Waals surface area contributed by atoms with Crippen molar-refractivity contribution in [2.24, 2.45) is 9.63 Å². The Bertz CT molecular complexity index is 436. The summed E-state index contributed by atoms with van der Waals surface area (Å²) in [7, 11) is -3.48. The molecule has 0 unspecified atom stereocenters. The van der Waals surface area contributed by atoms with Crippen LogP contribution in [-0.2, 0) is 16.6 Å². The molecule has 12 heavy (non-hydrogen) atoms. The van der Waals surface area contributed by atoms with Gasteiger partial charge in [0.2, 0.25) is 0 Å². The smallest absolute Gasteiger partial charge is 0.198 e. The van der Waals surface area contributed by atoms with Crippen molar-refractivity contribution >= 4 is 10.0 Å². The molecule has 0 saturated carbocycles. The Morgan fingerprint density at radius 1 is 1.25 bits per heavy atom. The zero-order valence-electron chi connectivity index (χ0n) is 6.14. The van der Waals surface area contributed by atoms with Gasteiger partial charge in [-0.2, -0.15) is 13.5 Å². The molecule has 2 rings (SSSR count). The Hall–Kier alpha value is -1.23. The number of rotatable bonds is 0. The summed E-state index contributed by atoms with van der Waals surface area (Å²) in [5, 5.41) is 3.51. The first-order valence-electron chi connectivity index (χ1n) is 3.42. The van der Waals surface area contributed by atoms with Crippen LogP contribution in [0.5, 0.6) is 0 Å². The summed E-state index contributed by atoms with van der Waals surface area (Å²) >= 11 is 0. The summed E-state index contributed by atoms with van der Waals surface area (Å²) in [5.41, 5.74) is 0.715. The third kappa shape index (κ3) is 1.02. The van der Waals surface area contributed by atoms with Gasteiger partial charge < -0.3 is 0 Å². The van der Waals surface area contributed by atoms with E-state index in [2.05, 4.69) is 9.63 Å². The van der Waals surface area contributed by atoms with Crippen LogP contribution < -0.4 is 0 Å². The van der Waals surface area contributed by atoms with Crippen LogP contribution in [0.3, 0.4) is 0 Å². The van der Waals surface area contributed by atoms with Crippen LogP contribution in [0.1, 0.15) is 5.56 Å². The molecule has 0 spiro atoms. The lowest BCUT2D eigenvalue weighted by molar-refractivity contribution is 0.589. The van der Waals surface area contributed by atoms with Gasteiger partial charge in [-0.3, -0.25) is 0 Å². The predicted molar refractivity (Wildman–Crippen MR) is 42.2 cm³/mol. The Labute approximate surface area is 70.0 Å². The third-order valence-electron chi connectivity index (χ3n) is 1.66. The molecule has 0 saturated heterocycles. The minimum atomic E-state index is -3.48. The van der Waals surface area contributed by atoms with Crippen molar-refractivity contribution in [1.82, 2.24) is 0 Å². The fourth-order valence-corrected chi connectivity index (χ4v) is 2.12. The highest BCUT2D eigenvalue weighted by molar-refractivity contribution is 7.90. The molecule has 1 aliphatic rings. The SMILES string of the molecule is O=S1(=O)N=NCc2ccccc21.